The van der Waals surface area contributed by atoms with Crippen LogP contribution in [0.15, 0.2) is 45.8 Å². The van der Waals surface area contributed by atoms with Gasteiger partial charge in [-0.2, -0.15) is 5.10 Å². The molecule has 1 aromatic carbocycles. The Morgan fingerprint density at radius 1 is 1.35 bits per heavy atom. The summed E-state index contributed by atoms with van der Waals surface area (Å²) in [6, 6.07) is 10.3. The van der Waals surface area contributed by atoms with E-state index >= 15 is 0 Å². The van der Waals surface area contributed by atoms with Crippen LogP contribution in [-0.2, 0) is 6.54 Å². The molecule has 1 atom stereocenters. The van der Waals surface area contributed by atoms with E-state index in [0.29, 0.717) is 16.9 Å². The third-order valence-corrected chi connectivity index (χ3v) is 4.02. The Morgan fingerprint density at radius 3 is 2.70 bits per heavy atom. The fourth-order valence-electron chi connectivity index (χ4n) is 1.98. The van der Waals surface area contributed by atoms with Crippen molar-refractivity contribution in [1.82, 2.24) is 9.78 Å². The van der Waals surface area contributed by atoms with Gasteiger partial charge in [0.2, 0.25) is 0 Å². The maximum atomic E-state index is 11.9. The average Bonchev–Trinajstić information content (AvgIpc) is 2.49. The van der Waals surface area contributed by atoms with E-state index < -0.39 is 0 Å². The highest BCUT2D eigenvalue weighted by Crippen LogP contribution is 2.19. The van der Waals surface area contributed by atoms with Crippen LogP contribution < -0.4 is 10.9 Å². The van der Waals surface area contributed by atoms with Crippen LogP contribution in [0.1, 0.15) is 25.3 Å². The first kappa shape index (κ1) is 14.8. The second kappa shape index (κ2) is 6.70. The molecular formula is C15H18BrN3O. The van der Waals surface area contributed by atoms with Crippen LogP contribution in [-0.4, -0.2) is 16.3 Å². The lowest BCUT2D eigenvalue weighted by Crippen LogP contribution is -2.24. The van der Waals surface area contributed by atoms with Crippen LogP contribution in [0, 0.1) is 0 Å². The van der Waals surface area contributed by atoms with Gasteiger partial charge in [-0.25, -0.2) is 4.68 Å². The highest BCUT2D eigenvalue weighted by molar-refractivity contribution is 9.10. The van der Waals surface area contributed by atoms with Crippen molar-refractivity contribution >= 4 is 21.6 Å². The molecule has 2 aromatic rings. The molecular weight excluding hydrogens is 318 g/mol. The largest absolute Gasteiger partial charge is 0.382 e. The summed E-state index contributed by atoms with van der Waals surface area (Å²) in [7, 11) is 0. The second-order valence-electron chi connectivity index (χ2n) is 4.69. The molecule has 2 rings (SSSR count). The van der Waals surface area contributed by atoms with Gasteiger partial charge >= 0.3 is 0 Å². The molecule has 0 fully saturated rings. The molecule has 0 radical (unpaired) electrons. The Bertz CT molecular complexity index is 625. The maximum absolute atomic E-state index is 11.9. The molecule has 1 N–H and O–H groups in total. The van der Waals surface area contributed by atoms with Gasteiger partial charge in [0.1, 0.15) is 4.47 Å². The number of nitrogens with one attached hydrogen (secondary N) is 1. The van der Waals surface area contributed by atoms with E-state index in [1.165, 1.54) is 10.2 Å². The summed E-state index contributed by atoms with van der Waals surface area (Å²) in [6.07, 6.45) is 1.69. The second-order valence-corrected chi connectivity index (χ2v) is 5.48. The van der Waals surface area contributed by atoms with Crippen molar-refractivity contribution in [2.45, 2.75) is 26.3 Å². The summed E-state index contributed by atoms with van der Waals surface area (Å²) in [4.78, 5) is 11.9. The van der Waals surface area contributed by atoms with Crippen molar-refractivity contribution in [3.63, 3.8) is 0 Å². The molecule has 0 saturated carbocycles. The Hall–Kier alpha value is -1.62. The van der Waals surface area contributed by atoms with Crippen LogP contribution >= 0.6 is 15.9 Å². The van der Waals surface area contributed by atoms with Crippen LogP contribution in [0.5, 0.6) is 0 Å². The molecule has 0 saturated heterocycles. The van der Waals surface area contributed by atoms with Crippen LogP contribution in [0.25, 0.3) is 0 Å². The van der Waals surface area contributed by atoms with Gasteiger partial charge in [0, 0.05) is 13.1 Å². The summed E-state index contributed by atoms with van der Waals surface area (Å²) in [5.41, 5.74) is 1.90. The number of hydrogen-bond acceptors (Lipinski definition) is 3. The zero-order valence-electron chi connectivity index (χ0n) is 11.6. The highest BCUT2D eigenvalue weighted by atomic mass is 79.9. The van der Waals surface area contributed by atoms with Gasteiger partial charge in [0.15, 0.2) is 0 Å². The fourth-order valence-corrected chi connectivity index (χ4v) is 2.42. The molecule has 0 spiro atoms. The number of rotatable bonds is 5. The van der Waals surface area contributed by atoms with E-state index in [-0.39, 0.29) is 5.56 Å². The van der Waals surface area contributed by atoms with Crippen molar-refractivity contribution in [3.8, 4) is 0 Å². The normalized spacial score (nSPS) is 12.2. The van der Waals surface area contributed by atoms with E-state index in [4.69, 9.17) is 0 Å². The van der Waals surface area contributed by atoms with Gasteiger partial charge < -0.3 is 5.32 Å². The number of aryl methyl sites for hydroxylation is 1. The third kappa shape index (κ3) is 3.28. The minimum atomic E-state index is -0.107. The molecule has 0 amide bonds. The van der Waals surface area contributed by atoms with Crippen LogP contribution in [0.2, 0.25) is 0 Å². The molecule has 0 aliphatic carbocycles. The van der Waals surface area contributed by atoms with Gasteiger partial charge in [-0.05, 0) is 34.3 Å². The first-order valence-corrected chi connectivity index (χ1v) is 7.47. The number of aromatic nitrogens is 2. The van der Waals surface area contributed by atoms with E-state index in [1.807, 2.05) is 25.1 Å². The fraction of sp³-hybridized carbons (Fsp3) is 0.333. The predicted octanol–water partition coefficient (Wildman–Crippen LogP) is 3.24. The zero-order chi connectivity index (χ0) is 14.5. The van der Waals surface area contributed by atoms with E-state index in [0.717, 1.165) is 12.2 Å². The Balaban J connectivity index is 2.08. The van der Waals surface area contributed by atoms with Crippen molar-refractivity contribution in [2.75, 3.05) is 11.9 Å². The average molecular weight is 336 g/mol. The molecule has 5 heteroatoms. The lowest BCUT2D eigenvalue weighted by Gasteiger charge is -2.15. The molecule has 0 aliphatic heterocycles. The minimum absolute atomic E-state index is 0.107. The van der Waals surface area contributed by atoms with Gasteiger partial charge in [0.25, 0.3) is 5.56 Å². The SMILES string of the molecule is CCn1ncc(NCC(C)c2ccccc2)c(Br)c1=O. The van der Waals surface area contributed by atoms with Crippen molar-refractivity contribution in [2.24, 2.45) is 0 Å². The first-order valence-electron chi connectivity index (χ1n) is 6.68. The molecule has 1 unspecified atom stereocenters. The molecule has 4 nitrogen and oxygen atoms in total. The minimum Gasteiger partial charge on any atom is -0.382 e. The summed E-state index contributed by atoms with van der Waals surface area (Å²) in [5.74, 6) is 0.358. The Labute approximate surface area is 127 Å². The topological polar surface area (TPSA) is 46.9 Å². The molecule has 1 heterocycles. The first-order chi connectivity index (χ1) is 9.63. The quantitative estimate of drug-likeness (QED) is 0.912. The standard InChI is InChI=1S/C15H18BrN3O/c1-3-19-15(20)14(16)13(10-18-19)17-9-11(2)12-7-5-4-6-8-12/h4-8,10-11,17H,3,9H2,1-2H3. The number of anilines is 1. The number of nitrogens with zero attached hydrogens (tertiary/aromatic N) is 2. The van der Waals surface area contributed by atoms with Gasteiger partial charge in [0.05, 0.1) is 11.9 Å². The molecule has 20 heavy (non-hydrogen) atoms. The lowest BCUT2D eigenvalue weighted by molar-refractivity contribution is 0.612. The Morgan fingerprint density at radius 2 is 2.05 bits per heavy atom. The van der Waals surface area contributed by atoms with E-state index in [9.17, 15) is 4.79 Å². The molecule has 0 aliphatic rings. The summed E-state index contributed by atoms with van der Waals surface area (Å²) in [6.45, 7) is 5.36. The number of hydrogen-bond donors (Lipinski definition) is 1. The van der Waals surface area contributed by atoms with Gasteiger partial charge in [-0.3, -0.25) is 4.79 Å². The highest BCUT2D eigenvalue weighted by Gasteiger charge is 2.10. The maximum Gasteiger partial charge on any atom is 0.283 e. The smallest absolute Gasteiger partial charge is 0.283 e. The van der Waals surface area contributed by atoms with E-state index in [2.05, 4.69) is 45.4 Å². The van der Waals surface area contributed by atoms with E-state index in [1.54, 1.807) is 6.20 Å². The summed E-state index contributed by atoms with van der Waals surface area (Å²) >= 11 is 3.34. The number of halogens is 1. The van der Waals surface area contributed by atoms with Crippen LogP contribution in [0.4, 0.5) is 5.69 Å². The zero-order valence-corrected chi connectivity index (χ0v) is 13.2. The molecule has 0 bridgehead atoms. The summed E-state index contributed by atoms with van der Waals surface area (Å²) in [5, 5.41) is 7.40. The summed E-state index contributed by atoms with van der Waals surface area (Å²) < 4.78 is 1.96. The number of benzene rings is 1. The molecule has 1 aromatic heterocycles. The van der Waals surface area contributed by atoms with Gasteiger partial charge in [-0.1, -0.05) is 37.3 Å². The predicted molar refractivity (Wildman–Crippen MR) is 85.2 cm³/mol. The van der Waals surface area contributed by atoms with Crippen molar-refractivity contribution < 1.29 is 0 Å². The van der Waals surface area contributed by atoms with Crippen molar-refractivity contribution in [1.29, 1.82) is 0 Å². The van der Waals surface area contributed by atoms with Gasteiger partial charge in [-0.15, -0.1) is 0 Å². The third-order valence-electron chi connectivity index (χ3n) is 3.25. The monoisotopic (exact) mass is 335 g/mol. The van der Waals surface area contributed by atoms with Crippen LogP contribution in [0.3, 0.4) is 0 Å². The molecule has 106 valence electrons. The lowest BCUT2D eigenvalue weighted by atomic mass is 10.0. The Kier molecular flexibility index (Phi) is 4.95. The van der Waals surface area contributed by atoms with Crippen molar-refractivity contribution in [3.05, 3.63) is 56.9 Å².